The third kappa shape index (κ3) is 2.76. The van der Waals surface area contributed by atoms with Crippen LogP contribution in [0.3, 0.4) is 0 Å². The fraction of sp³-hybridized carbons (Fsp3) is 0.429. The average molecular weight is 376 g/mol. The number of nitrogens with zero attached hydrogens (tertiary/aromatic N) is 5. The van der Waals surface area contributed by atoms with Gasteiger partial charge in [-0.2, -0.15) is 5.26 Å². The first kappa shape index (κ1) is 18.2. The second-order valence-electron chi connectivity index (χ2n) is 7.81. The Bertz CT molecular complexity index is 1030. The van der Waals surface area contributed by atoms with Gasteiger partial charge in [-0.05, 0) is 49.2 Å². The van der Waals surface area contributed by atoms with Crippen molar-refractivity contribution in [3.8, 4) is 6.07 Å². The number of aryl methyl sites for hydroxylation is 1. The molecule has 0 aromatic carbocycles. The fourth-order valence-electron chi connectivity index (χ4n) is 4.70. The van der Waals surface area contributed by atoms with Crippen LogP contribution in [0.1, 0.15) is 43.4 Å². The van der Waals surface area contributed by atoms with E-state index in [-0.39, 0.29) is 11.3 Å². The molecule has 1 aliphatic carbocycles. The highest BCUT2D eigenvalue weighted by Gasteiger charge is 2.37. The van der Waals surface area contributed by atoms with Crippen LogP contribution in [0.15, 0.2) is 25.1 Å². The topological polar surface area (TPSA) is 101 Å². The summed E-state index contributed by atoms with van der Waals surface area (Å²) in [6.07, 6.45) is 10.0. The second kappa shape index (κ2) is 6.79. The van der Waals surface area contributed by atoms with E-state index in [2.05, 4.69) is 28.7 Å². The molecule has 2 N–H and O–H groups in total. The molecule has 0 atom stereocenters. The summed E-state index contributed by atoms with van der Waals surface area (Å²) in [6, 6.07) is 2.32. The van der Waals surface area contributed by atoms with Gasteiger partial charge in [0.25, 0.3) is 0 Å². The van der Waals surface area contributed by atoms with E-state index < -0.39 is 0 Å². The number of carbonyl (C=O) groups excluding carboxylic acids is 1. The van der Waals surface area contributed by atoms with Crippen LogP contribution in [0.4, 0.5) is 5.82 Å². The Labute approximate surface area is 164 Å². The summed E-state index contributed by atoms with van der Waals surface area (Å²) in [5.41, 5.74) is 9.60. The lowest BCUT2D eigenvalue weighted by Gasteiger charge is -2.43. The molecular weight excluding hydrogens is 352 g/mol. The maximum atomic E-state index is 11.8. The second-order valence-corrected chi connectivity index (χ2v) is 7.81. The highest BCUT2D eigenvalue weighted by Crippen LogP contribution is 2.47. The van der Waals surface area contributed by atoms with E-state index in [0.717, 1.165) is 50.9 Å². The van der Waals surface area contributed by atoms with Crippen LogP contribution in [0.2, 0.25) is 0 Å². The van der Waals surface area contributed by atoms with Gasteiger partial charge in [-0.3, -0.25) is 4.79 Å². The van der Waals surface area contributed by atoms with Gasteiger partial charge < -0.3 is 15.2 Å². The Kier molecular flexibility index (Phi) is 4.42. The zero-order valence-electron chi connectivity index (χ0n) is 16.1. The monoisotopic (exact) mass is 376 g/mol. The highest BCUT2D eigenvalue weighted by atomic mass is 16.2. The van der Waals surface area contributed by atoms with Crippen molar-refractivity contribution in [3.63, 3.8) is 0 Å². The minimum atomic E-state index is 0.0229. The Hall–Kier alpha value is -3.14. The maximum Gasteiger partial charge on any atom is 0.245 e. The van der Waals surface area contributed by atoms with Crippen LogP contribution < -0.4 is 5.73 Å². The van der Waals surface area contributed by atoms with E-state index >= 15 is 0 Å². The number of nitrogen functional groups attached to an aromatic ring is 1. The summed E-state index contributed by atoms with van der Waals surface area (Å²) in [5.74, 6) is 0.366. The quantitative estimate of drug-likeness (QED) is 0.812. The van der Waals surface area contributed by atoms with Gasteiger partial charge in [0.2, 0.25) is 5.91 Å². The minimum absolute atomic E-state index is 0.0229. The van der Waals surface area contributed by atoms with Gasteiger partial charge in [-0.1, -0.05) is 12.7 Å². The predicted octanol–water partition coefficient (Wildman–Crippen LogP) is 2.78. The van der Waals surface area contributed by atoms with E-state index in [1.165, 1.54) is 18.0 Å². The molecule has 0 saturated carbocycles. The molecule has 1 saturated heterocycles. The number of fused-ring (bicyclic) bond motifs is 1. The number of allylic oxidation sites excluding steroid dienone is 2. The van der Waals surface area contributed by atoms with Gasteiger partial charge in [0.15, 0.2) is 0 Å². The van der Waals surface area contributed by atoms with E-state index in [0.29, 0.717) is 22.4 Å². The summed E-state index contributed by atoms with van der Waals surface area (Å²) < 4.78 is 1.96. The average Bonchev–Trinajstić information content (AvgIpc) is 3.02. The van der Waals surface area contributed by atoms with Crippen molar-refractivity contribution >= 4 is 28.3 Å². The molecule has 28 heavy (non-hydrogen) atoms. The third-order valence-electron chi connectivity index (χ3n) is 6.43. The van der Waals surface area contributed by atoms with E-state index in [1.807, 2.05) is 16.5 Å². The molecule has 2 aromatic heterocycles. The molecule has 1 fully saturated rings. The Morgan fingerprint density at radius 3 is 2.71 bits per heavy atom. The number of anilines is 1. The normalized spacial score (nSPS) is 18.7. The van der Waals surface area contributed by atoms with Crippen LogP contribution in [0.5, 0.6) is 0 Å². The van der Waals surface area contributed by atoms with Gasteiger partial charge in [0, 0.05) is 20.1 Å². The number of nitriles is 1. The summed E-state index contributed by atoms with van der Waals surface area (Å²) in [7, 11) is 1.93. The Morgan fingerprint density at radius 1 is 1.36 bits per heavy atom. The van der Waals surface area contributed by atoms with Crippen molar-refractivity contribution in [3.05, 3.63) is 36.3 Å². The van der Waals surface area contributed by atoms with Gasteiger partial charge >= 0.3 is 0 Å². The molecule has 144 valence electrons. The first-order valence-corrected chi connectivity index (χ1v) is 9.59. The Balaban J connectivity index is 1.63. The van der Waals surface area contributed by atoms with Crippen LogP contribution in [0, 0.1) is 16.7 Å². The number of nitrogens with two attached hydrogens (primary N) is 1. The number of likely N-dealkylation sites (tertiary alicyclic amines) is 1. The van der Waals surface area contributed by atoms with Crippen LogP contribution in [0.25, 0.3) is 16.6 Å². The van der Waals surface area contributed by atoms with Crippen molar-refractivity contribution in [2.75, 3.05) is 18.8 Å². The lowest BCUT2D eigenvalue weighted by atomic mass is 9.68. The van der Waals surface area contributed by atoms with E-state index in [1.54, 1.807) is 0 Å². The number of amides is 1. The molecular formula is C21H24N6O. The highest BCUT2D eigenvalue weighted by molar-refractivity contribution is 5.97. The molecule has 4 rings (SSSR count). The number of hydrogen-bond donors (Lipinski definition) is 1. The molecule has 1 aliphatic heterocycles. The smallest absolute Gasteiger partial charge is 0.245 e. The number of rotatable bonds is 2. The van der Waals surface area contributed by atoms with E-state index in [9.17, 15) is 10.1 Å². The molecule has 7 nitrogen and oxygen atoms in total. The summed E-state index contributed by atoms with van der Waals surface area (Å²) in [5, 5.41) is 10.4. The van der Waals surface area contributed by atoms with Crippen LogP contribution in [-0.2, 0) is 11.8 Å². The summed E-state index contributed by atoms with van der Waals surface area (Å²) in [4.78, 5) is 22.1. The lowest BCUT2D eigenvalue weighted by Crippen LogP contribution is -2.43. The van der Waals surface area contributed by atoms with Crippen molar-refractivity contribution in [2.24, 2.45) is 12.5 Å². The van der Waals surface area contributed by atoms with E-state index in [4.69, 9.17) is 5.73 Å². The molecule has 2 aliphatic rings. The standard InChI is InChI=1S/C21H24N6O/c1-3-16(28)27-10-8-21(9-11-27)6-4-14(5-7-21)18-15(12-22)17-19(23)24-13-25-20(17)26(18)2/h3-4,13H,1,5-11H2,2H3,(H2,23,24,25). The molecule has 0 unspecified atom stereocenters. The number of piperidine rings is 1. The number of carbonyl (C=O) groups is 1. The zero-order valence-corrected chi connectivity index (χ0v) is 16.1. The van der Waals surface area contributed by atoms with Gasteiger partial charge in [-0.15, -0.1) is 0 Å². The third-order valence-corrected chi connectivity index (χ3v) is 6.43. The van der Waals surface area contributed by atoms with Crippen molar-refractivity contribution in [1.29, 1.82) is 5.26 Å². The summed E-state index contributed by atoms with van der Waals surface area (Å²) in [6.45, 7) is 5.16. The maximum absolute atomic E-state index is 11.8. The number of aromatic nitrogens is 3. The van der Waals surface area contributed by atoms with Crippen molar-refractivity contribution in [1.82, 2.24) is 19.4 Å². The largest absolute Gasteiger partial charge is 0.383 e. The first-order valence-electron chi connectivity index (χ1n) is 9.59. The summed E-state index contributed by atoms with van der Waals surface area (Å²) >= 11 is 0. The molecule has 0 bridgehead atoms. The van der Waals surface area contributed by atoms with Crippen LogP contribution in [-0.4, -0.2) is 38.4 Å². The Morgan fingerprint density at radius 2 is 2.11 bits per heavy atom. The first-order chi connectivity index (χ1) is 13.5. The predicted molar refractivity (Wildman–Crippen MR) is 108 cm³/mol. The minimum Gasteiger partial charge on any atom is -0.383 e. The lowest BCUT2D eigenvalue weighted by molar-refractivity contribution is -0.128. The van der Waals surface area contributed by atoms with Crippen molar-refractivity contribution in [2.45, 2.75) is 32.1 Å². The molecule has 0 radical (unpaired) electrons. The SMILES string of the molecule is C=CC(=O)N1CCC2(CC=C(c3c(C#N)c4c(N)ncnc4n3C)CC2)CC1. The molecule has 1 spiro atoms. The van der Waals surface area contributed by atoms with Gasteiger partial charge in [0.1, 0.15) is 23.9 Å². The fourth-order valence-corrected chi connectivity index (χ4v) is 4.70. The van der Waals surface area contributed by atoms with Crippen molar-refractivity contribution < 1.29 is 4.79 Å². The number of hydrogen-bond acceptors (Lipinski definition) is 5. The molecule has 3 heterocycles. The molecule has 7 heteroatoms. The van der Waals surface area contributed by atoms with Gasteiger partial charge in [-0.25, -0.2) is 9.97 Å². The molecule has 1 amide bonds. The zero-order chi connectivity index (χ0) is 19.9. The van der Waals surface area contributed by atoms with Crippen LogP contribution >= 0.6 is 0 Å². The molecule has 2 aromatic rings. The van der Waals surface area contributed by atoms with Gasteiger partial charge in [0.05, 0.1) is 16.6 Å².